The Labute approximate surface area is 301 Å². The molecule has 7 heteroatoms. The molecule has 1 unspecified atom stereocenters. The van der Waals surface area contributed by atoms with Crippen molar-refractivity contribution in [3.05, 3.63) is 11.6 Å². The fourth-order valence-corrected chi connectivity index (χ4v) is 13.1. The third-order valence-electron chi connectivity index (χ3n) is 16.0. The molecule has 0 aromatic heterocycles. The fraction of sp³-hybridized carbons (Fsp3) is 0.927. The highest BCUT2D eigenvalue weighted by Crippen LogP contribution is 2.67. The molecule has 278 valence electrons. The van der Waals surface area contributed by atoms with Crippen molar-refractivity contribution in [2.75, 3.05) is 6.61 Å². The number of allylic oxidation sites excluding steroid dienone is 1. The molecule has 0 N–H and O–H groups in total. The standard InChI is InChI=1S/C41H78O4Si3/c1-37(2,3)46(12,13)43-28-29(26-36(42)45-48(16,17)39(7,8)9)33-20-21-34-32-19-18-30-27-31(44-47(14,15)38(4,5)6)22-24-40(30,10)35(32)23-25-41(33,34)11/h18,29,31-35H,19-28H2,1-17H3/t29?,31-,32-,33+,34-,35-,40-,41+/m0/s1. The van der Waals surface area contributed by atoms with Gasteiger partial charge < -0.3 is 13.3 Å². The molecule has 48 heavy (non-hydrogen) atoms. The molecule has 4 aliphatic carbocycles. The van der Waals surface area contributed by atoms with Crippen LogP contribution in [-0.4, -0.2) is 43.6 Å². The van der Waals surface area contributed by atoms with Crippen LogP contribution in [0.15, 0.2) is 11.6 Å². The highest BCUT2D eigenvalue weighted by molar-refractivity contribution is 6.75. The molecule has 0 bridgehead atoms. The average molecular weight is 719 g/mol. The third kappa shape index (κ3) is 7.76. The van der Waals surface area contributed by atoms with Gasteiger partial charge in [0.05, 0.1) is 0 Å². The summed E-state index contributed by atoms with van der Waals surface area (Å²) in [6.07, 6.45) is 13.5. The summed E-state index contributed by atoms with van der Waals surface area (Å²) >= 11 is 0. The summed E-state index contributed by atoms with van der Waals surface area (Å²) in [5.74, 6) is 2.99. The van der Waals surface area contributed by atoms with Crippen molar-refractivity contribution in [3.8, 4) is 0 Å². The predicted molar refractivity (Wildman–Crippen MR) is 212 cm³/mol. The lowest BCUT2D eigenvalue weighted by atomic mass is 9.47. The minimum atomic E-state index is -2.19. The molecule has 0 amide bonds. The van der Waals surface area contributed by atoms with Crippen LogP contribution in [0.2, 0.25) is 54.4 Å². The molecule has 0 spiro atoms. The van der Waals surface area contributed by atoms with Crippen molar-refractivity contribution >= 4 is 30.9 Å². The summed E-state index contributed by atoms with van der Waals surface area (Å²) < 4.78 is 20.4. The van der Waals surface area contributed by atoms with E-state index in [9.17, 15) is 4.79 Å². The largest absolute Gasteiger partial charge is 0.519 e. The van der Waals surface area contributed by atoms with Gasteiger partial charge >= 0.3 is 0 Å². The van der Waals surface area contributed by atoms with Gasteiger partial charge in [-0.2, -0.15) is 0 Å². The molecule has 0 aromatic carbocycles. The summed E-state index contributed by atoms with van der Waals surface area (Å²) in [6.45, 7) is 40.7. The lowest BCUT2D eigenvalue weighted by Crippen LogP contribution is -2.52. The van der Waals surface area contributed by atoms with E-state index >= 15 is 0 Å². The van der Waals surface area contributed by atoms with Crippen LogP contribution in [0.5, 0.6) is 0 Å². The maximum Gasteiger partial charge on any atom is 0.292 e. The highest BCUT2D eigenvalue weighted by atomic mass is 28.4. The van der Waals surface area contributed by atoms with Crippen molar-refractivity contribution in [2.24, 2.45) is 40.4 Å². The Kier molecular flexibility index (Phi) is 11.3. The minimum absolute atomic E-state index is 0.0120. The number of carbonyl (C=O) groups excluding carboxylic acids is 1. The van der Waals surface area contributed by atoms with Crippen LogP contribution in [0.4, 0.5) is 0 Å². The van der Waals surface area contributed by atoms with E-state index in [0.29, 0.717) is 30.5 Å². The average Bonchev–Trinajstić information content (AvgIpc) is 3.26. The first kappa shape index (κ1) is 40.5. The molecule has 3 fully saturated rings. The maximum absolute atomic E-state index is 13.8. The predicted octanol–water partition coefficient (Wildman–Crippen LogP) is 12.5. The zero-order chi connectivity index (χ0) is 36.5. The van der Waals surface area contributed by atoms with Gasteiger partial charge in [-0.05, 0) is 146 Å². The molecule has 0 heterocycles. The van der Waals surface area contributed by atoms with E-state index < -0.39 is 25.0 Å². The summed E-state index contributed by atoms with van der Waals surface area (Å²) in [6, 6.07) is 0. The number of hydrogen-bond donors (Lipinski definition) is 0. The first-order valence-electron chi connectivity index (χ1n) is 19.8. The smallest absolute Gasteiger partial charge is 0.292 e. The number of hydrogen-bond acceptors (Lipinski definition) is 4. The number of carbonyl (C=O) groups is 1. The Morgan fingerprint density at radius 1 is 0.792 bits per heavy atom. The SMILES string of the molecule is CC(C)(C)[Si](C)(C)OCC(CC(=O)O[Si](C)(C)C(C)(C)C)[C@H]1CC[C@H]2[C@@H]3CC=C4C[C@@H](O[Si](C)(C)C(C)(C)C)CC[C@]4(C)[C@H]3CC[C@]12C. The van der Waals surface area contributed by atoms with Crippen molar-refractivity contribution in [2.45, 2.75) is 194 Å². The van der Waals surface area contributed by atoms with Gasteiger partial charge in [-0.15, -0.1) is 0 Å². The van der Waals surface area contributed by atoms with Gasteiger partial charge in [0.25, 0.3) is 14.3 Å². The molecular formula is C41H78O4Si3. The Balaban J connectivity index is 1.55. The van der Waals surface area contributed by atoms with Gasteiger partial charge in [0.1, 0.15) is 0 Å². The van der Waals surface area contributed by atoms with Crippen LogP contribution >= 0.6 is 0 Å². The summed E-state index contributed by atoms with van der Waals surface area (Å²) in [4.78, 5) is 13.8. The van der Waals surface area contributed by atoms with E-state index in [1.54, 1.807) is 5.57 Å². The third-order valence-corrected chi connectivity index (χ3v) is 29.4. The quantitative estimate of drug-likeness (QED) is 0.176. The Morgan fingerprint density at radius 3 is 1.94 bits per heavy atom. The summed E-state index contributed by atoms with van der Waals surface area (Å²) in [5.41, 5.74) is 2.28. The van der Waals surface area contributed by atoms with Crippen molar-refractivity contribution < 1.29 is 18.1 Å². The highest BCUT2D eigenvalue weighted by Gasteiger charge is 2.60. The van der Waals surface area contributed by atoms with Crippen molar-refractivity contribution in [1.82, 2.24) is 0 Å². The van der Waals surface area contributed by atoms with Gasteiger partial charge in [0.15, 0.2) is 16.6 Å². The Bertz CT molecular complexity index is 1200. The topological polar surface area (TPSA) is 44.8 Å². The van der Waals surface area contributed by atoms with Crippen LogP contribution in [0.1, 0.15) is 134 Å². The number of rotatable bonds is 9. The maximum atomic E-state index is 13.8. The van der Waals surface area contributed by atoms with Crippen molar-refractivity contribution in [1.29, 1.82) is 0 Å². The lowest BCUT2D eigenvalue weighted by Gasteiger charge is -2.59. The molecule has 3 saturated carbocycles. The molecule has 4 aliphatic rings. The molecule has 0 aliphatic heterocycles. The van der Waals surface area contributed by atoms with E-state index in [-0.39, 0.29) is 32.4 Å². The van der Waals surface area contributed by atoms with Gasteiger partial charge in [0, 0.05) is 19.1 Å². The molecule has 0 radical (unpaired) electrons. The van der Waals surface area contributed by atoms with Crippen molar-refractivity contribution in [3.63, 3.8) is 0 Å². The van der Waals surface area contributed by atoms with Gasteiger partial charge in [-0.3, -0.25) is 4.79 Å². The van der Waals surface area contributed by atoms with Crippen LogP contribution in [-0.2, 0) is 18.1 Å². The molecule has 4 rings (SSSR count). The van der Waals surface area contributed by atoms with E-state index in [1.165, 1.54) is 44.9 Å². The zero-order valence-electron chi connectivity index (χ0n) is 34.7. The normalized spacial score (nSPS) is 34.1. The molecule has 0 saturated heterocycles. The Morgan fingerprint density at radius 2 is 1.38 bits per heavy atom. The second kappa shape index (κ2) is 13.3. The van der Waals surface area contributed by atoms with Crippen LogP contribution in [0, 0.1) is 40.4 Å². The van der Waals surface area contributed by atoms with E-state index in [1.807, 2.05) is 0 Å². The molecular weight excluding hydrogens is 641 g/mol. The van der Waals surface area contributed by atoms with E-state index in [4.69, 9.17) is 13.3 Å². The van der Waals surface area contributed by atoms with Gasteiger partial charge in [-0.25, -0.2) is 0 Å². The lowest BCUT2D eigenvalue weighted by molar-refractivity contribution is -0.138. The summed E-state index contributed by atoms with van der Waals surface area (Å²) in [7, 11) is -5.93. The zero-order valence-corrected chi connectivity index (χ0v) is 37.7. The second-order valence-electron chi connectivity index (χ2n) is 22.0. The van der Waals surface area contributed by atoms with Crippen LogP contribution in [0.3, 0.4) is 0 Å². The van der Waals surface area contributed by atoms with E-state index in [2.05, 4.69) is 122 Å². The van der Waals surface area contributed by atoms with E-state index in [0.717, 1.165) is 24.2 Å². The fourth-order valence-electron chi connectivity index (χ4n) is 9.68. The Hall–Kier alpha value is -0.219. The van der Waals surface area contributed by atoms with Gasteiger partial charge in [0.2, 0.25) is 0 Å². The first-order chi connectivity index (χ1) is 21.6. The van der Waals surface area contributed by atoms with Gasteiger partial charge in [-0.1, -0.05) is 87.8 Å². The minimum Gasteiger partial charge on any atom is -0.519 e. The van der Waals surface area contributed by atoms with Crippen LogP contribution < -0.4 is 0 Å². The number of fused-ring (bicyclic) bond motifs is 5. The molecule has 4 nitrogen and oxygen atoms in total. The molecule has 8 atom stereocenters. The first-order valence-corrected chi connectivity index (χ1v) is 28.5. The monoisotopic (exact) mass is 719 g/mol. The second-order valence-corrected chi connectivity index (χ2v) is 36.3. The summed E-state index contributed by atoms with van der Waals surface area (Å²) in [5, 5.41) is 0.412. The van der Waals surface area contributed by atoms with Crippen LogP contribution in [0.25, 0.3) is 0 Å². The molecule has 0 aromatic rings.